The lowest BCUT2D eigenvalue weighted by Crippen LogP contribution is -2.09. The molecule has 3 heteroatoms. The van der Waals surface area contributed by atoms with Crippen LogP contribution in [0.5, 0.6) is 0 Å². The molecule has 16 heavy (non-hydrogen) atoms. The van der Waals surface area contributed by atoms with Crippen LogP contribution >= 0.6 is 0 Å². The molecule has 0 aliphatic carbocycles. The second-order valence-corrected chi connectivity index (χ2v) is 3.97. The molecule has 0 fully saturated rings. The highest BCUT2D eigenvalue weighted by Gasteiger charge is 2.12. The zero-order valence-corrected chi connectivity index (χ0v) is 9.10. The number of aromatic amines is 1. The topological polar surface area (TPSA) is 53.1 Å². The molecule has 0 aliphatic rings. The van der Waals surface area contributed by atoms with Gasteiger partial charge in [-0.3, -0.25) is 4.79 Å². The predicted molar refractivity (Wildman–Crippen MR) is 63.1 cm³/mol. The van der Waals surface area contributed by atoms with E-state index in [4.69, 9.17) is 5.11 Å². The van der Waals surface area contributed by atoms with Gasteiger partial charge in [-0.25, -0.2) is 0 Å². The quantitative estimate of drug-likeness (QED) is 0.825. The van der Waals surface area contributed by atoms with Crippen molar-refractivity contribution in [2.24, 2.45) is 5.92 Å². The van der Waals surface area contributed by atoms with Gasteiger partial charge < -0.3 is 10.1 Å². The van der Waals surface area contributed by atoms with Gasteiger partial charge in [0.2, 0.25) is 0 Å². The molecule has 1 heterocycles. The standard InChI is InChI=1S/C13H14NO2/c1-9(13(15)16)6-7-10-8-14-12-5-3-2-4-11(10)12/h2-5,7-9,14H,6H2,1H3,(H,15,16). The first kappa shape index (κ1) is 10.7. The Balaban J connectivity index is 2.13. The third kappa shape index (κ3) is 2.08. The summed E-state index contributed by atoms with van der Waals surface area (Å²) in [6, 6.07) is 7.99. The van der Waals surface area contributed by atoms with Gasteiger partial charge in [0.05, 0.1) is 5.92 Å². The van der Waals surface area contributed by atoms with Crippen LogP contribution in [0.2, 0.25) is 0 Å². The molecule has 1 unspecified atom stereocenters. The van der Waals surface area contributed by atoms with Crippen LogP contribution in [0.25, 0.3) is 10.9 Å². The number of carbonyl (C=O) groups is 1. The van der Waals surface area contributed by atoms with Gasteiger partial charge in [-0.2, -0.15) is 0 Å². The number of carboxylic acid groups (broad SMARTS) is 1. The van der Waals surface area contributed by atoms with E-state index in [1.165, 1.54) is 0 Å². The molecule has 1 atom stereocenters. The van der Waals surface area contributed by atoms with Crippen LogP contribution in [0.3, 0.4) is 0 Å². The second-order valence-electron chi connectivity index (χ2n) is 3.97. The van der Waals surface area contributed by atoms with E-state index in [2.05, 4.69) is 4.98 Å². The summed E-state index contributed by atoms with van der Waals surface area (Å²) >= 11 is 0. The number of fused-ring (bicyclic) bond motifs is 1. The van der Waals surface area contributed by atoms with Gasteiger partial charge in [0.25, 0.3) is 0 Å². The van der Waals surface area contributed by atoms with Crippen LogP contribution in [0, 0.1) is 12.3 Å². The highest BCUT2D eigenvalue weighted by molar-refractivity contribution is 5.84. The van der Waals surface area contributed by atoms with E-state index in [1.54, 1.807) is 6.92 Å². The van der Waals surface area contributed by atoms with Gasteiger partial charge in [-0.15, -0.1) is 0 Å². The Labute approximate surface area is 94.1 Å². The fourth-order valence-corrected chi connectivity index (χ4v) is 1.67. The first-order chi connectivity index (χ1) is 7.68. The largest absolute Gasteiger partial charge is 0.481 e. The van der Waals surface area contributed by atoms with Crippen LogP contribution in [0.4, 0.5) is 0 Å². The Kier molecular flexibility index (Phi) is 2.95. The van der Waals surface area contributed by atoms with E-state index in [1.807, 2.05) is 36.9 Å². The normalized spacial score (nSPS) is 12.8. The number of aliphatic carboxylic acids is 1. The first-order valence-electron chi connectivity index (χ1n) is 5.30. The van der Waals surface area contributed by atoms with E-state index in [0.717, 1.165) is 16.5 Å². The summed E-state index contributed by atoms with van der Waals surface area (Å²) in [6.45, 7) is 1.72. The van der Waals surface area contributed by atoms with Crippen molar-refractivity contribution in [3.05, 3.63) is 42.4 Å². The van der Waals surface area contributed by atoms with E-state index >= 15 is 0 Å². The third-order valence-corrected chi connectivity index (χ3v) is 2.73. The maximum Gasteiger partial charge on any atom is 0.306 e. The molecule has 2 N–H and O–H groups in total. The van der Waals surface area contributed by atoms with Gasteiger partial charge in [0, 0.05) is 17.1 Å². The summed E-state index contributed by atoms with van der Waals surface area (Å²) in [4.78, 5) is 13.9. The maximum atomic E-state index is 10.7. The molecular formula is C13H14NO2. The molecule has 0 saturated heterocycles. The van der Waals surface area contributed by atoms with Crippen molar-refractivity contribution >= 4 is 16.9 Å². The number of benzene rings is 1. The Morgan fingerprint density at radius 1 is 1.50 bits per heavy atom. The zero-order valence-electron chi connectivity index (χ0n) is 9.10. The smallest absolute Gasteiger partial charge is 0.306 e. The van der Waals surface area contributed by atoms with Crippen LogP contribution in [-0.4, -0.2) is 16.1 Å². The maximum absolute atomic E-state index is 10.7. The molecule has 83 valence electrons. The minimum atomic E-state index is -0.754. The number of carboxylic acids is 1. The Bertz CT molecular complexity index is 501. The molecular weight excluding hydrogens is 202 g/mol. The number of H-pyrrole nitrogens is 1. The van der Waals surface area contributed by atoms with E-state index in [9.17, 15) is 4.79 Å². The molecule has 0 spiro atoms. The zero-order chi connectivity index (χ0) is 11.5. The van der Waals surface area contributed by atoms with Crippen LogP contribution in [0.1, 0.15) is 18.9 Å². The summed E-state index contributed by atoms with van der Waals surface area (Å²) in [5.41, 5.74) is 2.15. The third-order valence-electron chi connectivity index (χ3n) is 2.73. The lowest BCUT2D eigenvalue weighted by atomic mass is 10.0. The summed E-state index contributed by atoms with van der Waals surface area (Å²) < 4.78 is 0. The monoisotopic (exact) mass is 216 g/mol. The molecule has 1 aromatic carbocycles. The molecule has 0 amide bonds. The molecule has 3 nitrogen and oxygen atoms in total. The van der Waals surface area contributed by atoms with Crippen molar-refractivity contribution in [2.75, 3.05) is 0 Å². The highest BCUT2D eigenvalue weighted by Crippen LogP contribution is 2.21. The van der Waals surface area contributed by atoms with Crippen molar-refractivity contribution < 1.29 is 9.90 Å². The van der Waals surface area contributed by atoms with Gasteiger partial charge >= 0.3 is 5.97 Å². The lowest BCUT2D eigenvalue weighted by molar-refractivity contribution is -0.141. The van der Waals surface area contributed by atoms with Crippen molar-refractivity contribution in [2.45, 2.75) is 13.3 Å². The van der Waals surface area contributed by atoms with Crippen LogP contribution in [0.15, 0.2) is 30.5 Å². The number of hydrogen-bond donors (Lipinski definition) is 2. The molecule has 0 saturated carbocycles. The first-order valence-corrected chi connectivity index (χ1v) is 5.30. The number of para-hydroxylation sites is 1. The molecule has 2 rings (SSSR count). The molecule has 1 radical (unpaired) electrons. The van der Waals surface area contributed by atoms with Crippen LogP contribution in [-0.2, 0) is 4.79 Å². The van der Waals surface area contributed by atoms with Gasteiger partial charge in [-0.05, 0) is 24.5 Å². The predicted octanol–water partition coefficient (Wildman–Crippen LogP) is 2.83. The Morgan fingerprint density at radius 2 is 2.25 bits per heavy atom. The van der Waals surface area contributed by atoms with Crippen molar-refractivity contribution in [1.82, 2.24) is 4.98 Å². The molecule has 1 aromatic heterocycles. The minimum Gasteiger partial charge on any atom is -0.481 e. The number of nitrogens with one attached hydrogen (secondary N) is 1. The average molecular weight is 216 g/mol. The van der Waals surface area contributed by atoms with Gasteiger partial charge in [0.1, 0.15) is 0 Å². The Hall–Kier alpha value is -1.77. The van der Waals surface area contributed by atoms with Crippen molar-refractivity contribution in [3.63, 3.8) is 0 Å². The number of hydrogen-bond acceptors (Lipinski definition) is 1. The minimum absolute atomic E-state index is 0.339. The SMILES string of the molecule is CC(C[CH]c1c[nH]c2ccccc12)C(=O)O. The average Bonchev–Trinajstić information content (AvgIpc) is 2.69. The van der Waals surface area contributed by atoms with Crippen molar-refractivity contribution in [1.29, 1.82) is 0 Å². The Morgan fingerprint density at radius 3 is 3.00 bits per heavy atom. The van der Waals surface area contributed by atoms with Gasteiger partial charge in [-0.1, -0.05) is 25.1 Å². The second kappa shape index (κ2) is 4.39. The van der Waals surface area contributed by atoms with E-state index < -0.39 is 5.97 Å². The fraction of sp³-hybridized carbons (Fsp3) is 0.231. The summed E-state index contributed by atoms with van der Waals surface area (Å²) in [5, 5.41) is 9.94. The molecule has 0 bridgehead atoms. The fourth-order valence-electron chi connectivity index (χ4n) is 1.67. The number of aromatic nitrogens is 1. The summed E-state index contributed by atoms with van der Waals surface area (Å²) in [5.74, 6) is -1.09. The summed E-state index contributed by atoms with van der Waals surface area (Å²) in [7, 11) is 0. The van der Waals surface area contributed by atoms with Gasteiger partial charge in [0.15, 0.2) is 0 Å². The lowest BCUT2D eigenvalue weighted by Gasteiger charge is -2.04. The van der Waals surface area contributed by atoms with Crippen molar-refractivity contribution in [3.8, 4) is 0 Å². The summed E-state index contributed by atoms with van der Waals surface area (Å²) in [6.07, 6.45) is 4.44. The molecule has 2 aromatic rings. The number of rotatable bonds is 4. The highest BCUT2D eigenvalue weighted by atomic mass is 16.4. The van der Waals surface area contributed by atoms with Crippen LogP contribution < -0.4 is 0 Å². The van der Waals surface area contributed by atoms with E-state index in [-0.39, 0.29) is 5.92 Å². The molecule has 0 aliphatic heterocycles. The van der Waals surface area contributed by atoms with E-state index in [0.29, 0.717) is 6.42 Å².